The van der Waals surface area contributed by atoms with Crippen molar-refractivity contribution < 1.29 is 4.74 Å². The van der Waals surface area contributed by atoms with Crippen LogP contribution in [-0.2, 0) is 0 Å². The van der Waals surface area contributed by atoms with E-state index in [1.54, 1.807) is 7.11 Å². The van der Waals surface area contributed by atoms with Crippen LogP contribution in [0, 0.1) is 18.3 Å². The van der Waals surface area contributed by atoms with E-state index in [1.165, 1.54) is 5.56 Å². The highest BCUT2D eigenvalue weighted by molar-refractivity contribution is 5.89. The topological polar surface area (TPSA) is 33.0 Å². The van der Waals surface area contributed by atoms with Crippen molar-refractivity contribution >= 4 is 11.6 Å². The van der Waals surface area contributed by atoms with Gasteiger partial charge in [0.05, 0.1) is 18.8 Å². The van der Waals surface area contributed by atoms with Gasteiger partial charge < -0.3 is 4.74 Å². The maximum atomic E-state index is 9.27. The van der Waals surface area contributed by atoms with Crippen molar-refractivity contribution in [2.24, 2.45) is 0 Å². The van der Waals surface area contributed by atoms with Gasteiger partial charge in [-0.05, 0) is 36.3 Å². The van der Waals surface area contributed by atoms with E-state index in [4.69, 9.17) is 4.74 Å². The molecule has 0 saturated carbocycles. The molecule has 0 aliphatic heterocycles. The summed E-state index contributed by atoms with van der Waals surface area (Å²) in [5.41, 5.74) is 3.76. The van der Waals surface area contributed by atoms with Crippen LogP contribution in [-0.4, -0.2) is 7.11 Å². The smallest absolute Gasteiger partial charge is 0.118 e. The van der Waals surface area contributed by atoms with E-state index in [2.05, 4.69) is 6.07 Å². The Morgan fingerprint density at radius 1 is 1.05 bits per heavy atom. The first-order chi connectivity index (χ1) is 9.22. The SMILES string of the molecule is COc1ccc(C=C(C#N)c2ccc(C)cc2)cc1. The molecule has 0 saturated heterocycles. The lowest BCUT2D eigenvalue weighted by Crippen LogP contribution is -1.84. The highest BCUT2D eigenvalue weighted by Gasteiger charge is 2.01. The molecular formula is C17H15NO. The Bertz CT molecular complexity index is 616. The predicted molar refractivity (Wildman–Crippen MR) is 77.7 cm³/mol. The molecule has 0 fully saturated rings. The fraction of sp³-hybridized carbons (Fsp3) is 0.118. The molecule has 94 valence electrons. The number of methoxy groups -OCH3 is 1. The van der Waals surface area contributed by atoms with Gasteiger partial charge in [-0.15, -0.1) is 0 Å². The minimum atomic E-state index is 0.658. The lowest BCUT2D eigenvalue weighted by molar-refractivity contribution is 0.415. The highest BCUT2D eigenvalue weighted by Crippen LogP contribution is 2.19. The normalized spacial score (nSPS) is 10.9. The van der Waals surface area contributed by atoms with E-state index >= 15 is 0 Å². The lowest BCUT2D eigenvalue weighted by atomic mass is 10.0. The van der Waals surface area contributed by atoms with Crippen LogP contribution in [0.25, 0.3) is 11.6 Å². The summed E-state index contributed by atoms with van der Waals surface area (Å²) in [6.07, 6.45) is 1.88. The average Bonchev–Trinajstić information content (AvgIpc) is 2.46. The molecule has 19 heavy (non-hydrogen) atoms. The number of allylic oxidation sites excluding steroid dienone is 1. The number of benzene rings is 2. The zero-order chi connectivity index (χ0) is 13.7. The molecule has 0 N–H and O–H groups in total. The number of rotatable bonds is 3. The number of aryl methyl sites for hydroxylation is 1. The van der Waals surface area contributed by atoms with Crippen LogP contribution >= 0.6 is 0 Å². The van der Waals surface area contributed by atoms with E-state index < -0.39 is 0 Å². The monoisotopic (exact) mass is 249 g/mol. The van der Waals surface area contributed by atoms with E-state index in [-0.39, 0.29) is 0 Å². The Hall–Kier alpha value is -2.53. The van der Waals surface area contributed by atoms with E-state index in [0.717, 1.165) is 16.9 Å². The maximum Gasteiger partial charge on any atom is 0.118 e. The highest BCUT2D eigenvalue weighted by atomic mass is 16.5. The minimum absolute atomic E-state index is 0.658. The van der Waals surface area contributed by atoms with Crippen molar-refractivity contribution in [3.05, 3.63) is 65.2 Å². The second kappa shape index (κ2) is 5.88. The van der Waals surface area contributed by atoms with Crippen LogP contribution in [0.15, 0.2) is 48.5 Å². The van der Waals surface area contributed by atoms with Gasteiger partial charge in [-0.1, -0.05) is 42.0 Å². The molecule has 0 aliphatic rings. The third-order valence-corrected chi connectivity index (χ3v) is 2.91. The van der Waals surface area contributed by atoms with Gasteiger partial charge in [-0.3, -0.25) is 0 Å². The molecule has 0 aromatic heterocycles. The van der Waals surface area contributed by atoms with Gasteiger partial charge in [0.1, 0.15) is 5.75 Å². The van der Waals surface area contributed by atoms with Crippen molar-refractivity contribution in [1.82, 2.24) is 0 Å². The first-order valence-corrected chi connectivity index (χ1v) is 6.06. The molecule has 2 aromatic rings. The lowest BCUT2D eigenvalue weighted by Gasteiger charge is -2.02. The maximum absolute atomic E-state index is 9.27. The van der Waals surface area contributed by atoms with Crippen LogP contribution in [0.1, 0.15) is 16.7 Å². The first kappa shape index (κ1) is 12.9. The number of hydrogen-bond donors (Lipinski definition) is 0. The molecule has 0 amide bonds. The van der Waals surface area contributed by atoms with Gasteiger partial charge in [-0.25, -0.2) is 0 Å². The molecule has 0 spiro atoms. The summed E-state index contributed by atoms with van der Waals surface area (Å²) in [5.74, 6) is 0.811. The molecule has 0 atom stereocenters. The number of nitriles is 1. The second-order valence-corrected chi connectivity index (χ2v) is 4.31. The summed E-state index contributed by atoms with van der Waals surface area (Å²) in [5, 5.41) is 9.27. The van der Waals surface area contributed by atoms with Gasteiger partial charge in [0, 0.05) is 0 Å². The van der Waals surface area contributed by atoms with Gasteiger partial charge in [0.2, 0.25) is 0 Å². The summed E-state index contributed by atoms with van der Waals surface area (Å²) >= 11 is 0. The van der Waals surface area contributed by atoms with Crippen LogP contribution < -0.4 is 4.74 Å². The molecule has 0 aliphatic carbocycles. The van der Waals surface area contributed by atoms with Crippen molar-refractivity contribution in [3.63, 3.8) is 0 Å². The van der Waals surface area contributed by atoms with E-state index in [0.29, 0.717) is 5.57 Å². The van der Waals surface area contributed by atoms with Gasteiger partial charge in [0.15, 0.2) is 0 Å². The van der Waals surface area contributed by atoms with Gasteiger partial charge in [-0.2, -0.15) is 5.26 Å². The largest absolute Gasteiger partial charge is 0.497 e. The van der Waals surface area contributed by atoms with E-state index in [1.807, 2.05) is 61.5 Å². The minimum Gasteiger partial charge on any atom is -0.497 e. The Labute approximate surface area is 113 Å². The summed E-state index contributed by atoms with van der Waals surface area (Å²) < 4.78 is 5.11. The van der Waals surface area contributed by atoms with Crippen LogP contribution in [0.3, 0.4) is 0 Å². The predicted octanol–water partition coefficient (Wildman–Crippen LogP) is 4.07. The average molecular weight is 249 g/mol. The zero-order valence-corrected chi connectivity index (χ0v) is 11.1. The molecule has 0 unspecified atom stereocenters. The van der Waals surface area contributed by atoms with Crippen molar-refractivity contribution in [2.45, 2.75) is 6.92 Å². The number of nitrogens with zero attached hydrogens (tertiary/aromatic N) is 1. The zero-order valence-electron chi connectivity index (χ0n) is 11.1. The standard InChI is InChI=1S/C17H15NO/c1-13-3-7-15(8-4-13)16(12-18)11-14-5-9-17(19-2)10-6-14/h3-11H,1-2H3. The summed E-state index contributed by atoms with van der Waals surface area (Å²) in [4.78, 5) is 0. The number of ether oxygens (including phenoxy) is 1. The molecule has 2 rings (SSSR count). The first-order valence-electron chi connectivity index (χ1n) is 6.06. The molecule has 0 bridgehead atoms. The fourth-order valence-electron chi connectivity index (χ4n) is 1.78. The Kier molecular flexibility index (Phi) is 4.00. The summed E-state index contributed by atoms with van der Waals surface area (Å²) in [6, 6.07) is 17.8. The van der Waals surface area contributed by atoms with Gasteiger partial charge in [0.25, 0.3) is 0 Å². The quantitative estimate of drug-likeness (QED) is 0.607. The Morgan fingerprint density at radius 3 is 2.21 bits per heavy atom. The molecule has 2 nitrogen and oxygen atoms in total. The van der Waals surface area contributed by atoms with Gasteiger partial charge >= 0.3 is 0 Å². The number of hydrogen-bond acceptors (Lipinski definition) is 2. The van der Waals surface area contributed by atoms with Crippen molar-refractivity contribution in [3.8, 4) is 11.8 Å². The Morgan fingerprint density at radius 2 is 1.68 bits per heavy atom. The molecule has 2 aromatic carbocycles. The van der Waals surface area contributed by atoms with Crippen LogP contribution in [0.4, 0.5) is 0 Å². The second-order valence-electron chi connectivity index (χ2n) is 4.31. The fourth-order valence-corrected chi connectivity index (χ4v) is 1.78. The summed E-state index contributed by atoms with van der Waals surface area (Å²) in [7, 11) is 1.64. The van der Waals surface area contributed by atoms with Crippen LogP contribution in [0.2, 0.25) is 0 Å². The third kappa shape index (κ3) is 3.23. The molecule has 0 radical (unpaired) electrons. The molecule has 2 heteroatoms. The van der Waals surface area contributed by atoms with E-state index in [9.17, 15) is 5.26 Å². The molecule has 0 heterocycles. The van der Waals surface area contributed by atoms with Crippen LogP contribution in [0.5, 0.6) is 5.75 Å². The molecular weight excluding hydrogens is 234 g/mol. The third-order valence-electron chi connectivity index (χ3n) is 2.91. The van der Waals surface area contributed by atoms with Crippen molar-refractivity contribution in [1.29, 1.82) is 5.26 Å². The van der Waals surface area contributed by atoms with Crippen molar-refractivity contribution in [2.75, 3.05) is 7.11 Å². The Balaban J connectivity index is 2.33. The summed E-state index contributed by atoms with van der Waals surface area (Å²) in [6.45, 7) is 2.03.